The Bertz CT molecular complexity index is 418. The Balaban J connectivity index is 2.11. The lowest BCUT2D eigenvalue weighted by molar-refractivity contribution is -0.122. The van der Waals surface area contributed by atoms with Crippen LogP contribution >= 0.6 is 0 Å². The van der Waals surface area contributed by atoms with E-state index < -0.39 is 0 Å². The molecular weight excluding hydrogens is 222 g/mol. The van der Waals surface area contributed by atoms with E-state index in [1.165, 1.54) is 20.4 Å². The maximum absolute atomic E-state index is 11.8. The third-order valence-electron chi connectivity index (χ3n) is 2.84. The number of nitrogens with zero attached hydrogens (tertiary/aromatic N) is 2. The van der Waals surface area contributed by atoms with Gasteiger partial charge < -0.3 is 14.8 Å². The van der Waals surface area contributed by atoms with E-state index in [0.29, 0.717) is 11.6 Å². The van der Waals surface area contributed by atoms with Gasteiger partial charge in [0, 0.05) is 5.92 Å². The first-order chi connectivity index (χ1) is 8.24. The second kappa shape index (κ2) is 4.99. The Morgan fingerprint density at radius 1 is 1.41 bits per heavy atom. The van der Waals surface area contributed by atoms with E-state index in [1.54, 1.807) is 0 Å². The third kappa shape index (κ3) is 2.46. The van der Waals surface area contributed by atoms with Gasteiger partial charge in [0.05, 0.1) is 20.4 Å². The number of amides is 1. The molecule has 0 radical (unpaired) electrons. The molecule has 1 N–H and O–H groups in total. The normalized spacial score (nSPS) is 14.9. The van der Waals surface area contributed by atoms with E-state index >= 15 is 0 Å². The molecule has 6 nitrogen and oxygen atoms in total. The van der Waals surface area contributed by atoms with Crippen molar-refractivity contribution in [2.75, 3.05) is 19.5 Å². The molecule has 1 fully saturated rings. The van der Waals surface area contributed by atoms with Gasteiger partial charge in [-0.15, -0.1) is 0 Å². The van der Waals surface area contributed by atoms with Gasteiger partial charge in [-0.2, -0.15) is 4.98 Å². The highest BCUT2D eigenvalue weighted by Crippen LogP contribution is 2.29. The Kier molecular flexibility index (Phi) is 3.41. The summed E-state index contributed by atoms with van der Waals surface area (Å²) in [6.07, 6.45) is 4.51. The van der Waals surface area contributed by atoms with Crippen LogP contribution in [0.25, 0.3) is 0 Å². The molecule has 1 aliphatic rings. The molecule has 0 atom stereocenters. The molecule has 0 spiro atoms. The summed E-state index contributed by atoms with van der Waals surface area (Å²) >= 11 is 0. The number of anilines is 1. The van der Waals surface area contributed by atoms with Crippen LogP contribution in [0.2, 0.25) is 0 Å². The van der Waals surface area contributed by atoms with E-state index in [2.05, 4.69) is 15.3 Å². The summed E-state index contributed by atoms with van der Waals surface area (Å²) in [7, 11) is 2.96. The third-order valence-corrected chi connectivity index (χ3v) is 2.84. The van der Waals surface area contributed by atoms with Crippen molar-refractivity contribution in [3.05, 3.63) is 6.20 Å². The molecular formula is C11H15N3O3. The van der Waals surface area contributed by atoms with E-state index in [0.717, 1.165) is 19.3 Å². The van der Waals surface area contributed by atoms with Crippen LogP contribution in [0.4, 0.5) is 5.69 Å². The smallest absolute Gasteiger partial charge is 0.319 e. The molecule has 1 amide bonds. The Labute approximate surface area is 99.4 Å². The maximum Gasteiger partial charge on any atom is 0.319 e. The van der Waals surface area contributed by atoms with Crippen LogP contribution in [0.15, 0.2) is 6.20 Å². The molecule has 1 heterocycles. The minimum absolute atomic E-state index is 0.00307. The molecule has 1 saturated carbocycles. The van der Waals surface area contributed by atoms with Gasteiger partial charge >= 0.3 is 6.01 Å². The molecule has 2 rings (SSSR count). The van der Waals surface area contributed by atoms with Gasteiger partial charge in [0.1, 0.15) is 5.69 Å². The number of methoxy groups -OCH3 is 2. The van der Waals surface area contributed by atoms with Crippen molar-refractivity contribution in [2.45, 2.75) is 19.3 Å². The first-order valence-corrected chi connectivity index (χ1v) is 5.50. The van der Waals surface area contributed by atoms with Gasteiger partial charge in [-0.05, 0) is 12.8 Å². The summed E-state index contributed by atoms with van der Waals surface area (Å²) in [5.74, 6) is 0.426. The molecule has 1 aliphatic carbocycles. The summed E-state index contributed by atoms with van der Waals surface area (Å²) in [5, 5.41) is 2.77. The topological polar surface area (TPSA) is 73.3 Å². The quantitative estimate of drug-likeness (QED) is 0.852. The van der Waals surface area contributed by atoms with Crippen LogP contribution in [0, 0.1) is 5.92 Å². The van der Waals surface area contributed by atoms with Gasteiger partial charge in [0.15, 0.2) is 0 Å². The molecule has 1 aromatic heterocycles. The molecule has 92 valence electrons. The monoisotopic (exact) mass is 237 g/mol. The van der Waals surface area contributed by atoms with Crippen molar-refractivity contribution in [1.29, 1.82) is 0 Å². The number of ether oxygens (including phenoxy) is 2. The average Bonchev–Trinajstić information content (AvgIpc) is 2.27. The van der Waals surface area contributed by atoms with E-state index in [9.17, 15) is 4.79 Å². The Morgan fingerprint density at radius 2 is 2.18 bits per heavy atom. The summed E-state index contributed by atoms with van der Waals surface area (Å²) in [4.78, 5) is 19.7. The van der Waals surface area contributed by atoms with Crippen molar-refractivity contribution in [1.82, 2.24) is 9.97 Å². The second-order valence-corrected chi connectivity index (χ2v) is 3.90. The van der Waals surface area contributed by atoms with Gasteiger partial charge in [-0.3, -0.25) is 4.79 Å². The number of rotatable bonds is 4. The first-order valence-electron chi connectivity index (χ1n) is 5.50. The standard InChI is InChI=1S/C11H15N3O3/c1-16-10-8(6-12-11(14-10)17-2)13-9(15)7-4-3-5-7/h6-7H,3-5H2,1-2H3,(H,13,15). The van der Waals surface area contributed by atoms with Gasteiger partial charge in [0.2, 0.25) is 11.8 Å². The largest absolute Gasteiger partial charge is 0.479 e. The van der Waals surface area contributed by atoms with Gasteiger partial charge in [-0.25, -0.2) is 4.98 Å². The lowest BCUT2D eigenvalue weighted by Crippen LogP contribution is -2.28. The van der Waals surface area contributed by atoms with Crippen LogP contribution in [0.1, 0.15) is 19.3 Å². The molecule has 6 heteroatoms. The highest BCUT2D eigenvalue weighted by atomic mass is 16.5. The van der Waals surface area contributed by atoms with Crippen LogP contribution in [0.5, 0.6) is 11.9 Å². The fraction of sp³-hybridized carbons (Fsp3) is 0.545. The van der Waals surface area contributed by atoms with Crippen LogP contribution in [0.3, 0.4) is 0 Å². The van der Waals surface area contributed by atoms with Crippen molar-refractivity contribution < 1.29 is 14.3 Å². The van der Waals surface area contributed by atoms with Gasteiger partial charge in [0.25, 0.3) is 0 Å². The lowest BCUT2D eigenvalue weighted by Gasteiger charge is -2.24. The van der Waals surface area contributed by atoms with Crippen molar-refractivity contribution >= 4 is 11.6 Å². The second-order valence-electron chi connectivity index (χ2n) is 3.90. The average molecular weight is 237 g/mol. The summed E-state index contributed by atoms with van der Waals surface area (Å²) in [5.41, 5.74) is 0.477. The number of nitrogens with one attached hydrogen (secondary N) is 1. The van der Waals surface area contributed by atoms with E-state index in [1.807, 2.05) is 0 Å². The van der Waals surface area contributed by atoms with E-state index in [4.69, 9.17) is 9.47 Å². The molecule has 1 aromatic rings. The van der Waals surface area contributed by atoms with Crippen LogP contribution in [-0.4, -0.2) is 30.1 Å². The number of hydrogen-bond acceptors (Lipinski definition) is 5. The zero-order valence-corrected chi connectivity index (χ0v) is 9.90. The number of hydrogen-bond donors (Lipinski definition) is 1. The highest BCUT2D eigenvalue weighted by Gasteiger charge is 2.26. The Hall–Kier alpha value is -1.85. The minimum atomic E-state index is 0.00307. The zero-order chi connectivity index (χ0) is 12.3. The predicted octanol–water partition coefficient (Wildman–Crippen LogP) is 1.23. The van der Waals surface area contributed by atoms with Crippen molar-refractivity contribution in [3.63, 3.8) is 0 Å². The number of carbonyl (C=O) groups is 1. The van der Waals surface area contributed by atoms with Crippen LogP contribution < -0.4 is 14.8 Å². The molecule has 0 aliphatic heterocycles. The number of aromatic nitrogens is 2. The summed E-state index contributed by atoms with van der Waals surface area (Å²) in [6, 6.07) is 0.212. The molecule has 0 bridgehead atoms. The molecule has 0 aromatic carbocycles. The maximum atomic E-state index is 11.8. The summed E-state index contributed by atoms with van der Waals surface area (Å²) in [6.45, 7) is 0. The minimum Gasteiger partial charge on any atom is -0.479 e. The molecule has 0 saturated heterocycles. The fourth-order valence-corrected chi connectivity index (χ4v) is 1.60. The highest BCUT2D eigenvalue weighted by molar-refractivity contribution is 5.93. The SMILES string of the molecule is COc1ncc(NC(=O)C2CCC2)c(OC)n1. The molecule has 0 unspecified atom stereocenters. The fourth-order valence-electron chi connectivity index (χ4n) is 1.60. The van der Waals surface area contributed by atoms with Crippen LogP contribution in [-0.2, 0) is 4.79 Å². The zero-order valence-electron chi connectivity index (χ0n) is 9.90. The van der Waals surface area contributed by atoms with Gasteiger partial charge in [-0.1, -0.05) is 6.42 Å². The van der Waals surface area contributed by atoms with Crippen molar-refractivity contribution in [2.24, 2.45) is 5.92 Å². The van der Waals surface area contributed by atoms with Crippen molar-refractivity contribution in [3.8, 4) is 11.9 Å². The Morgan fingerprint density at radius 3 is 2.71 bits per heavy atom. The molecule has 17 heavy (non-hydrogen) atoms. The number of carbonyl (C=O) groups excluding carboxylic acids is 1. The predicted molar refractivity (Wildman–Crippen MR) is 61.1 cm³/mol. The summed E-state index contributed by atoms with van der Waals surface area (Å²) < 4.78 is 9.96. The first kappa shape index (κ1) is 11.6. The van der Waals surface area contributed by atoms with E-state index in [-0.39, 0.29) is 17.8 Å². The lowest BCUT2D eigenvalue weighted by atomic mass is 9.85.